The molecule has 4 rings (SSSR count). The lowest BCUT2D eigenvalue weighted by molar-refractivity contribution is -0.120. The van der Waals surface area contributed by atoms with Gasteiger partial charge in [-0.15, -0.1) is 0 Å². The Balaban J connectivity index is 1.57. The van der Waals surface area contributed by atoms with Crippen molar-refractivity contribution in [2.75, 3.05) is 6.79 Å². The molecular weight excluding hydrogens is 290 g/mol. The summed E-state index contributed by atoms with van der Waals surface area (Å²) in [6.07, 6.45) is 4.94. The molecular formula is C19H19NO3. The molecule has 2 aromatic rings. The number of Topliss-reactive ketones (excluding diaryl/α,β-unsaturated/α-hetero) is 1. The Hall–Kier alpha value is -2.36. The third-order valence-corrected chi connectivity index (χ3v) is 4.84. The van der Waals surface area contributed by atoms with Gasteiger partial charge >= 0.3 is 0 Å². The van der Waals surface area contributed by atoms with Gasteiger partial charge in [-0.05, 0) is 54.7 Å². The zero-order chi connectivity index (χ0) is 15.9. The van der Waals surface area contributed by atoms with E-state index in [0.717, 1.165) is 42.0 Å². The Labute approximate surface area is 135 Å². The van der Waals surface area contributed by atoms with Crippen molar-refractivity contribution in [1.82, 2.24) is 4.98 Å². The molecule has 0 unspecified atom stereocenters. The standard InChI is InChI=1S/C19H19NO3/c1-2-13-5-8-20-15(9-13)11-18(21)19(6-7-19)14-3-4-16-17(10-14)23-12-22-16/h3-5,8-10H,2,6-7,11-12H2,1H3. The van der Waals surface area contributed by atoms with Crippen molar-refractivity contribution in [1.29, 1.82) is 0 Å². The van der Waals surface area contributed by atoms with Crippen LogP contribution in [0.5, 0.6) is 11.5 Å². The lowest BCUT2D eigenvalue weighted by Gasteiger charge is -2.15. The number of aryl methyl sites for hydroxylation is 1. The second-order valence-electron chi connectivity index (χ2n) is 6.26. The van der Waals surface area contributed by atoms with Gasteiger partial charge in [0.05, 0.1) is 5.41 Å². The van der Waals surface area contributed by atoms with Crippen molar-refractivity contribution in [3.05, 3.63) is 53.3 Å². The maximum absolute atomic E-state index is 12.9. The third-order valence-electron chi connectivity index (χ3n) is 4.84. The van der Waals surface area contributed by atoms with Crippen LogP contribution in [0.2, 0.25) is 0 Å². The molecule has 0 atom stereocenters. The molecule has 0 radical (unpaired) electrons. The summed E-state index contributed by atoms with van der Waals surface area (Å²) in [7, 11) is 0. The molecule has 1 fully saturated rings. The SMILES string of the molecule is CCc1ccnc(CC(=O)C2(c3ccc4c(c3)OCO4)CC2)c1. The van der Waals surface area contributed by atoms with E-state index in [9.17, 15) is 4.79 Å². The molecule has 118 valence electrons. The van der Waals surface area contributed by atoms with Gasteiger partial charge in [0, 0.05) is 18.3 Å². The van der Waals surface area contributed by atoms with Gasteiger partial charge in [0.1, 0.15) is 5.78 Å². The number of rotatable bonds is 5. The van der Waals surface area contributed by atoms with Crippen molar-refractivity contribution in [3.8, 4) is 11.5 Å². The molecule has 1 aromatic heterocycles. The van der Waals surface area contributed by atoms with Gasteiger partial charge in [0.2, 0.25) is 6.79 Å². The van der Waals surface area contributed by atoms with Gasteiger partial charge in [-0.2, -0.15) is 0 Å². The lowest BCUT2D eigenvalue weighted by Crippen LogP contribution is -2.23. The van der Waals surface area contributed by atoms with Crippen molar-refractivity contribution in [2.45, 2.75) is 38.0 Å². The van der Waals surface area contributed by atoms with Gasteiger partial charge in [-0.1, -0.05) is 13.0 Å². The molecule has 0 amide bonds. The largest absolute Gasteiger partial charge is 0.454 e. The molecule has 4 heteroatoms. The van der Waals surface area contributed by atoms with Crippen LogP contribution < -0.4 is 9.47 Å². The zero-order valence-electron chi connectivity index (χ0n) is 13.2. The quantitative estimate of drug-likeness (QED) is 0.851. The van der Waals surface area contributed by atoms with Gasteiger partial charge in [0.15, 0.2) is 11.5 Å². The predicted octanol–water partition coefficient (Wildman–Crippen LogP) is 3.22. The van der Waals surface area contributed by atoms with Gasteiger partial charge < -0.3 is 9.47 Å². The third kappa shape index (κ3) is 2.48. The molecule has 1 aromatic carbocycles. The zero-order valence-corrected chi connectivity index (χ0v) is 13.2. The van der Waals surface area contributed by atoms with Crippen LogP contribution in [-0.4, -0.2) is 17.6 Å². The van der Waals surface area contributed by atoms with E-state index in [1.807, 2.05) is 30.3 Å². The monoisotopic (exact) mass is 309 g/mol. The molecule has 0 saturated heterocycles. The summed E-state index contributed by atoms with van der Waals surface area (Å²) in [5.41, 5.74) is 2.76. The van der Waals surface area contributed by atoms with E-state index in [-0.39, 0.29) is 18.0 Å². The number of aromatic nitrogens is 1. The van der Waals surface area contributed by atoms with Crippen LogP contribution in [0.3, 0.4) is 0 Å². The summed E-state index contributed by atoms with van der Waals surface area (Å²) in [6, 6.07) is 9.89. The summed E-state index contributed by atoms with van der Waals surface area (Å²) in [5, 5.41) is 0. The van der Waals surface area contributed by atoms with E-state index in [1.54, 1.807) is 6.20 Å². The van der Waals surface area contributed by atoms with E-state index in [1.165, 1.54) is 5.56 Å². The average Bonchev–Trinajstić information content (AvgIpc) is 3.26. The second kappa shape index (κ2) is 5.37. The second-order valence-corrected chi connectivity index (χ2v) is 6.26. The molecule has 1 aliphatic carbocycles. The minimum Gasteiger partial charge on any atom is -0.454 e. The topological polar surface area (TPSA) is 48.4 Å². The first-order chi connectivity index (χ1) is 11.2. The van der Waals surface area contributed by atoms with E-state index in [2.05, 4.69) is 11.9 Å². The predicted molar refractivity (Wildman–Crippen MR) is 85.8 cm³/mol. The average molecular weight is 309 g/mol. The van der Waals surface area contributed by atoms with Crippen molar-refractivity contribution >= 4 is 5.78 Å². The summed E-state index contributed by atoms with van der Waals surface area (Å²) < 4.78 is 10.8. The lowest BCUT2D eigenvalue weighted by atomic mass is 9.88. The molecule has 23 heavy (non-hydrogen) atoms. The fourth-order valence-corrected chi connectivity index (χ4v) is 3.23. The molecule has 0 N–H and O–H groups in total. The molecule has 1 saturated carbocycles. The van der Waals surface area contributed by atoms with Crippen LogP contribution >= 0.6 is 0 Å². The van der Waals surface area contributed by atoms with Gasteiger partial charge in [-0.25, -0.2) is 0 Å². The van der Waals surface area contributed by atoms with E-state index in [4.69, 9.17) is 9.47 Å². The van der Waals surface area contributed by atoms with Crippen molar-refractivity contribution in [3.63, 3.8) is 0 Å². The minimum atomic E-state index is -0.356. The number of carbonyl (C=O) groups is 1. The Kier molecular flexibility index (Phi) is 3.33. The maximum Gasteiger partial charge on any atom is 0.231 e. The summed E-state index contributed by atoms with van der Waals surface area (Å²) in [4.78, 5) is 17.2. The molecule has 2 aliphatic rings. The smallest absolute Gasteiger partial charge is 0.231 e. The normalized spacial score (nSPS) is 17.1. The number of benzene rings is 1. The number of fused-ring (bicyclic) bond motifs is 1. The fourth-order valence-electron chi connectivity index (χ4n) is 3.23. The van der Waals surface area contributed by atoms with Gasteiger partial charge in [0.25, 0.3) is 0 Å². The van der Waals surface area contributed by atoms with E-state index >= 15 is 0 Å². The summed E-state index contributed by atoms with van der Waals surface area (Å²) in [5.74, 6) is 1.75. The van der Waals surface area contributed by atoms with Crippen LogP contribution in [0.1, 0.15) is 36.6 Å². The summed E-state index contributed by atoms with van der Waals surface area (Å²) >= 11 is 0. The number of pyridine rings is 1. The highest BCUT2D eigenvalue weighted by atomic mass is 16.7. The molecule has 0 spiro atoms. The Morgan fingerprint density at radius 2 is 2.00 bits per heavy atom. The highest BCUT2D eigenvalue weighted by Gasteiger charge is 2.50. The molecule has 2 heterocycles. The van der Waals surface area contributed by atoms with Crippen LogP contribution in [0.25, 0.3) is 0 Å². The van der Waals surface area contributed by atoms with Crippen LogP contribution in [0, 0.1) is 0 Å². The van der Waals surface area contributed by atoms with Crippen LogP contribution in [0.15, 0.2) is 36.5 Å². The number of nitrogens with zero attached hydrogens (tertiary/aromatic N) is 1. The minimum absolute atomic E-state index is 0.247. The first kappa shape index (κ1) is 14.2. The fraction of sp³-hybridized carbons (Fsp3) is 0.368. The Morgan fingerprint density at radius 1 is 1.17 bits per heavy atom. The Morgan fingerprint density at radius 3 is 2.78 bits per heavy atom. The maximum atomic E-state index is 12.9. The highest BCUT2D eigenvalue weighted by molar-refractivity contribution is 5.94. The number of carbonyl (C=O) groups excluding carboxylic acids is 1. The first-order valence-corrected chi connectivity index (χ1v) is 8.08. The van der Waals surface area contributed by atoms with Crippen LogP contribution in [-0.2, 0) is 23.1 Å². The van der Waals surface area contributed by atoms with Gasteiger partial charge in [-0.3, -0.25) is 9.78 Å². The Bertz CT molecular complexity index is 765. The van der Waals surface area contributed by atoms with E-state index < -0.39 is 0 Å². The number of hydrogen-bond acceptors (Lipinski definition) is 4. The van der Waals surface area contributed by atoms with E-state index in [0.29, 0.717) is 6.42 Å². The molecule has 0 bridgehead atoms. The molecule has 1 aliphatic heterocycles. The number of hydrogen-bond donors (Lipinski definition) is 0. The van der Waals surface area contributed by atoms with Crippen molar-refractivity contribution < 1.29 is 14.3 Å². The number of ketones is 1. The number of ether oxygens (including phenoxy) is 2. The first-order valence-electron chi connectivity index (χ1n) is 8.08. The summed E-state index contributed by atoms with van der Waals surface area (Å²) in [6.45, 7) is 2.36. The highest BCUT2D eigenvalue weighted by Crippen LogP contribution is 2.51. The van der Waals surface area contributed by atoms with Crippen molar-refractivity contribution in [2.24, 2.45) is 0 Å². The van der Waals surface area contributed by atoms with Crippen LogP contribution in [0.4, 0.5) is 0 Å². The molecule has 4 nitrogen and oxygen atoms in total.